The van der Waals surface area contributed by atoms with Crippen molar-refractivity contribution in [2.24, 2.45) is 7.05 Å². The molecule has 0 bridgehead atoms. The quantitative estimate of drug-likeness (QED) is 0.872. The van der Waals surface area contributed by atoms with Crippen LogP contribution in [-0.4, -0.2) is 48.2 Å². The Kier molecular flexibility index (Phi) is 4.59. The Morgan fingerprint density at radius 3 is 2.57 bits per heavy atom. The molecule has 0 radical (unpaired) electrons. The number of aromatic nitrogens is 5. The van der Waals surface area contributed by atoms with Gasteiger partial charge in [-0.05, 0) is 29.6 Å². The van der Waals surface area contributed by atoms with E-state index < -0.39 is 17.8 Å². The first-order chi connectivity index (χ1) is 10.7. The van der Waals surface area contributed by atoms with Crippen molar-refractivity contribution in [1.82, 2.24) is 30.1 Å². The van der Waals surface area contributed by atoms with Gasteiger partial charge in [0.05, 0.1) is 17.8 Å². The van der Waals surface area contributed by atoms with Crippen molar-refractivity contribution in [3.05, 3.63) is 34.9 Å². The van der Waals surface area contributed by atoms with Crippen molar-refractivity contribution in [2.45, 2.75) is 19.3 Å². The first-order valence-corrected chi connectivity index (χ1v) is 6.38. The van der Waals surface area contributed by atoms with Crippen LogP contribution in [0.2, 0.25) is 0 Å². The van der Waals surface area contributed by atoms with Crippen molar-refractivity contribution < 1.29 is 23.1 Å². The largest absolute Gasteiger partial charge is 0.478 e. The van der Waals surface area contributed by atoms with E-state index in [0.29, 0.717) is 11.9 Å². The molecule has 0 atom stereocenters. The SMILES string of the molecule is CN(Cc1nc(C(F)(F)F)ccc1C(=O)O)Cc1nnnn1C. The zero-order valence-corrected chi connectivity index (χ0v) is 12.2. The molecule has 0 saturated heterocycles. The number of alkyl halides is 3. The molecular weight excluding hydrogens is 317 g/mol. The first kappa shape index (κ1) is 16.8. The molecule has 2 aromatic rings. The van der Waals surface area contributed by atoms with E-state index in [-0.39, 0.29) is 24.3 Å². The molecule has 0 fully saturated rings. The fourth-order valence-electron chi connectivity index (χ4n) is 1.91. The van der Waals surface area contributed by atoms with Crippen molar-refractivity contribution in [3.8, 4) is 0 Å². The summed E-state index contributed by atoms with van der Waals surface area (Å²) >= 11 is 0. The van der Waals surface area contributed by atoms with Crippen LogP contribution in [0.25, 0.3) is 0 Å². The Morgan fingerprint density at radius 2 is 2.04 bits per heavy atom. The van der Waals surface area contributed by atoms with Crippen LogP contribution in [0.1, 0.15) is 27.6 Å². The minimum Gasteiger partial charge on any atom is -0.478 e. The van der Waals surface area contributed by atoms with Gasteiger partial charge >= 0.3 is 12.1 Å². The highest BCUT2D eigenvalue weighted by Gasteiger charge is 2.33. The summed E-state index contributed by atoms with van der Waals surface area (Å²) in [4.78, 5) is 16.2. The second-order valence-corrected chi connectivity index (χ2v) is 4.88. The first-order valence-electron chi connectivity index (χ1n) is 6.38. The molecule has 0 spiro atoms. The highest BCUT2D eigenvalue weighted by Crippen LogP contribution is 2.28. The molecule has 2 heterocycles. The van der Waals surface area contributed by atoms with E-state index in [0.717, 1.165) is 6.07 Å². The van der Waals surface area contributed by atoms with E-state index in [2.05, 4.69) is 20.5 Å². The molecular formula is C12H13F3N6O2. The van der Waals surface area contributed by atoms with Gasteiger partial charge in [0.1, 0.15) is 5.69 Å². The van der Waals surface area contributed by atoms with Gasteiger partial charge in [-0.1, -0.05) is 0 Å². The lowest BCUT2D eigenvalue weighted by Crippen LogP contribution is -2.23. The number of halogens is 3. The standard InChI is InChI=1S/C12H13F3N6O2/c1-20(6-10-17-18-19-21(10)2)5-8-7(11(22)23)3-4-9(16-8)12(13,14)15/h3-4H,5-6H2,1-2H3,(H,22,23). The number of carbonyl (C=O) groups is 1. The topological polar surface area (TPSA) is 97.0 Å². The third-order valence-electron chi connectivity index (χ3n) is 3.03. The van der Waals surface area contributed by atoms with Crippen LogP contribution < -0.4 is 0 Å². The van der Waals surface area contributed by atoms with Crippen molar-refractivity contribution >= 4 is 5.97 Å². The van der Waals surface area contributed by atoms with Gasteiger partial charge in [-0.2, -0.15) is 13.2 Å². The van der Waals surface area contributed by atoms with Crippen LogP contribution in [0.15, 0.2) is 12.1 Å². The number of hydrogen-bond donors (Lipinski definition) is 1. The van der Waals surface area contributed by atoms with Gasteiger partial charge < -0.3 is 5.11 Å². The highest BCUT2D eigenvalue weighted by molar-refractivity contribution is 5.88. The predicted molar refractivity (Wildman–Crippen MR) is 70.2 cm³/mol. The summed E-state index contributed by atoms with van der Waals surface area (Å²) in [5.74, 6) is -0.855. The van der Waals surface area contributed by atoms with Gasteiger partial charge in [0.2, 0.25) is 0 Å². The molecule has 0 saturated carbocycles. The number of hydrogen-bond acceptors (Lipinski definition) is 6. The number of aromatic carboxylic acids is 1. The van der Waals surface area contributed by atoms with Crippen LogP contribution in [0, 0.1) is 0 Å². The number of pyridine rings is 1. The summed E-state index contributed by atoms with van der Waals surface area (Å²) in [5.41, 5.74) is -1.59. The van der Waals surface area contributed by atoms with E-state index in [1.54, 1.807) is 19.0 Å². The zero-order chi connectivity index (χ0) is 17.2. The second-order valence-electron chi connectivity index (χ2n) is 4.88. The third-order valence-corrected chi connectivity index (χ3v) is 3.03. The summed E-state index contributed by atoms with van der Waals surface area (Å²) in [7, 11) is 3.22. The van der Waals surface area contributed by atoms with E-state index in [1.165, 1.54) is 4.68 Å². The second kappa shape index (κ2) is 6.28. The molecule has 0 aliphatic rings. The Bertz CT molecular complexity index is 715. The monoisotopic (exact) mass is 330 g/mol. The van der Waals surface area contributed by atoms with Gasteiger partial charge in [0, 0.05) is 13.6 Å². The maximum absolute atomic E-state index is 12.7. The number of nitrogens with zero attached hydrogens (tertiary/aromatic N) is 6. The Labute approximate surface area is 128 Å². The van der Waals surface area contributed by atoms with E-state index >= 15 is 0 Å². The van der Waals surface area contributed by atoms with E-state index in [4.69, 9.17) is 5.11 Å². The molecule has 1 N–H and O–H groups in total. The number of tetrazole rings is 1. The number of carboxylic acid groups (broad SMARTS) is 1. The van der Waals surface area contributed by atoms with E-state index in [9.17, 15) is 18.0 Å². The Morgan fingerprint density at radius 1 is 1.35 bits per heavy atom. The average Bonchev–Trinajstić information content (AvgIpc) is 2.82. The number of carboxylic acids is 1. The molecule has 11 heteroatoms. The average molecular weight is 330 g/mol. The van der Waals surface area contributed by atoms with Crippen molar-refractivity contribution in [1.29, 1.82) is 0 Å². The molecule has 0 unspecified atom stereocenters. The zero-order valence-electron chi connectivity index (χ0n) is 12.2. The smallest absolute Gasteiger partial charge is 0.433 e. The summed E-state index contributed by atoms with van der Waals surface area (Å²) in [6, 6.07) is 1.56. The molecule has 124 valence electrons. The van der Waals surface area contributed by atoms with Gasteiger partial charge in [0.25, 0.3) is 0 Å². The van der Waals surface area contributed by atoms with Gasteiger partial charge in [-0.3, -0.25) is 4.90 Å². The number of aryl methyl sites for hydroxylation is 1. The summed E-state index contributed by atoms with van der Waals surface area (Å²) < 4.78 is 39.6. The van der Waals surface area contributed by atoms with Gasteiger partial charge in [-0.25, -0.2) is 14.5 Å². The Balaban J connectivity index is 2.25. The Hall–Kier alpha value is -2.56. The van der Waals surface area contributed by atoms with Gasteiger partial charge in [0.15, 0.2) is 5.82 Å². The lowest BCUT2D eigenvalue weighted by atomic mass is 10.1. The van der Waals surface area contributed by atoms with Crippen molar-refractivity contribution in [3.63, 3.8) is 0 Å². The normalized spacial score (nSPS) is 11.9. The van der Waals surface area contributed by atoms with Gasteiger partial charge in [-0.15, -0.1) is 5.10 Å². The predicted octanol–water partition coefficient (Wildman–Crippen LogP) is 0.954. The van der Waals surface area contributed by atoms with Crippen LogP contribution in [0.3, 0.4) is 0 Å². The molecule has 0 aliphatic carbocycles. The lowest BCUT2D eigenvalue weighted by molar-refractivity contribution is -0.141. The highest BCUT2D eigenvalue weighted by atomic mass is 19.4. The fraction of sp³-hybridized carbons (Fsp3) is 0.417. The van der Waals surface area contributed by atoms with Crippen LogP contribution >= 0.6 is 0 Å². The molecule has 2 aromatic heterocycles. The fourth-order valence-corrected chi connectivity index (χ4v) is 1.91. The molecule has 23 heavy (non-hydrogen) atoms. The molecule has 8 nitrogen and oxygen atoms in total. The molecule has 2 rings (SSSR count). The summed E-state index contributed by atoms with van der Waals surface area (Å²) in [6.07, 6.45) is -4.64. The summed E-state index contributed by atoms with van der Waals surface area (Å²) in [5, 5.41) is 19.9. The summed E-state index contributed by atoms with van der Waals surface area (Å²) in [6.45, 7) is 0.124. The van der Waals surface area contributed by atoms with E-state index in [1.807, 2.05) is 0 Å². The maximum Gasteiger partial charge on any atom is 0.433 e. The molecule has 0 aromatic carbocycles. The third kappa shape index (κ3) is 4.00. The minimum atomic E-state index is -4.64. The van der Waals surface area contributed by atoms with Crippen molar-refractivity contribution in [2.75, 3.05) is 7.05 Å². The maximum atomic E-state index is 12.7. The number of rotatable bonds is 5. The van der Waals surface area contributed by atoms with Crippen LogP contribution in [0.4, 0.5) is 13.2 Å². The molecule has 0 amide bonds. The minimum absolute atomic E-state index is 0.0988. The molecule has 0 aliphatic heterocycles. The van der Waals surface area contributed by atoms with Crippen LogP contribution in [0.5, 0.6) is 0 Å². The van der Waals surface area contributed by atoms with Crippen LogP contribution in [-0.2, 0) is 26.3 Å². The lowest BCUT2D eigenvalue weighted by Gasteiger charge is -2.17.